The van der Waals surface area contributed by atoms with E-state index in [0.717, 1.165) is 23.7 Å². The highest BCUT2D eigenvalue weighted by molar-refractivity contribution is 6.11. The molecule has 0 aliphatic heterocycles. The average molecular weight is 257 g/mol. The molecule has 1 saturated carbocycles. The number of hydrogen-bond acceptors (Lipinski definition) is 1. The van der Waals surface area contributed by atoms with Crippen molar-refractivity contribution in [2.45, 2.75) is 53.4 Å². The quantitative estimate of drug-likeness (QED) is 0.414. The standard InChI is InChI=1S/C18H27N/c1-6-9-15(5)19-18(10-7-2)17(8-3)14(4)13-16-11-12-16/h7-10,16H,3,6,11-13H2,1-2,4-5H3/b10-7-,15-9+,17-14-,19-18+. The Bertz CT molecular complexity index is 429. The van der Waals surface area contributed by atoms with E-state index in [1.165, 1.54) is 30.4 Å². The van der Waals surface area contributed by atoms with Crippen molar-refractivity contribution in [3.63, 3.8) is 0 Å². The summed E-state index contributed by atoms with van der Waals surface area (Å²) in [6, 6.07) is 0. The van der Waals surface area contributed by atoms with Crippen molar-refractivity contribution >= 4 is 5.71 Å². The van der Waals surface area contributed by atoms with Gasteiger partial charge in [0.05, 0.1) is 5.71 Å². The van der Waals surface area contributed by atoms with E-state index in [9.17, 15) is 0 Å². The van der Waals surface area contributed by atoms with Gasteiger partial charge in [0.2, 0.25) is 0 Å². The third-order valence-corrected chi connectivity index (χ3v) is 3.35. The van der Waals surface area contributed by atoms with Crippen LogP contribution in [0.3, 0.4) is 0 Å². The highest BCUT2D eigenvalue weighted by atomic mass is 14.7. The first-order valence-electron chi connectivity index (χ1n) is 7.33. The Kier molecular flexibility index (Phi) is 6.55. The first-order chi connectivity index (χ1) is 9.12. The molecule has 1 fully saturated rings. The molecule has 0 N–H and O–H groups in total. The number of nitrogens with zero attached hydrogens (tertiary/aromatic N) is 1. The minimum Gasteiger partial charge on any atom is -0.253 e. The summed E-state index contributed by atoms with van der Waals surface area (Å²) in [4.78, 5) is 4.74. The molecule has 1 nitrogen and oxygen atoms in total. The van der Waals surface area contributed by atoms with Crippen LogP contribution >= 0.6 is 0 Å². The maximum absolute atomic E-state index is 4.74. The van der Waals surface area contributed by atoms with Crippen molar-refractivity contribution < 1.29 is 0 Å². The summed E-state index contributed by atoms with van der Waals surface area (Å²) in [7, 11) is 0. The Morgan fingerprint density at radius 3 is 2.47 bits per heavy atom. The molecule has 19 heavy (non-hydrogen) atoms. The van der Waals surface area contributed by atoms with Crippen LogP contribution in [-0.2, 0) is 0 Å². The van der Waals surface area contributed by atoms with Crippen LogP contribution in [0.5, 0.6) is 0 Å². The van der Waals surface area contributed by atoms with Crippen LogP contribution in [0.15, 0.2) is 52.7 Å². The van der Waals surface area contributed by atoms with Gasteiger partial charge in [-0.2, -0.15) is 0 Å². The largest absolute Gasteiger partial charge is 0.253 e. The molecular formula is C18H27N. The summed E-state index contributed by atoms with van der Waals surface area (Å²) in [5.41, 5.74) is 4.74. The zero-order valence-corrected chi connectivity index (χ0v) is 12.9. The molecule has 0 radical (unpaired) electrons. The first-order valence-corrected chi connectivity index (χ1v) is 7.33. The first kappa shape index (κ1) is 15.7. The fraction of sp³-hybridized carbons (Fsp3) is 0.500. The average Bonchev–Trinajstić information content (AvgIpc) is 3.14. The molecule has 0 amide bonds. The van der Waals surface area contributed by atoms with Gasteiger partial charge in [0, 0.05) is 5.70 Å². The van der Waals surface area contributed by atoms with Gasteiger partial charge in [-0.3, -0.25) is 4.99 Å². The molecule has 0 aromatic rings. The monoisotopic (exact) mass is 257 g/mol. The van der Waals surface area contributed by atoms with E-state index < -0.39 is 0 Å². The van der Waals surface area contributed by atoms with Crippen LogP contribution in [0.4, 0.5) is 0 Å². The number of hydrogen-bond donors (Lipinski definition) is 0. The minimum atomic E-state index is 0.897. The molecule has 0 aromatic heterocycles. The van der Waals surface area contributed by atoms with Crippen molar-refractivity contribution in [1.82, 2.24) is 0 Å². The predicted molar refractivity (Wildman–Crippen MR) is 86.5 cm³/mol. The van der Waals surface area contributed by atoms with Gasteiger partial charge in [-0.1, -0.05) is 37.3 Å². The smallest absolute Gasteiger partial charge is 0.0700 e. The molecule has 1 rings (SSSR count). The molecule has 1 heteroatoms. The second kappa shape index (κ2) is 7.93. The van der Waals surface area contributed by atoms with Crippen LogP contribution in [0.2, 0.25) is 0 Å². The molecular weight excluding hydrogens is 230 g/mol. The fourth-order valence-electron chi connectivity index (χ4n) is 2.24. The van der Waals surface area contributed by atoms with Gasteiger partial charge >= 0.3 is 0 Å². The maximum Gasteiger partial charge on any atom is 0.0700 e. The van der Waals surface area contributed by atoms with Gasteiger partial charge in [0.1, 0.15) is 0 Å². The van der Waals surface area contributed by atoms with Gasteiger partial charge in [0.15, 0.2) is 0 Å². The van der Waals surface area contributed by atoms with Gasteiger partial charge in [-0.15, -0.1) is 0 Å². The molecule has 0 unspecified atom stereocenters. The molecule has 1 aliphatic carbocycles. The lowest BCUT2D eigenvalue weighted by molar-refractivity contribution is 0.817. The summed E-state index contributed by atoms with van der Waals surface area (Å²) >= 11 is 0. The van der Waals surface area contributed by atoms with E-state index in [0.29, 0.717) is 0 Å². The topological polar surface area (TPSA) is 12.4 Å². The van der Waals surface area contributed by atoms with Crippen molar-refractivity contribution in [3.05, 3.63) is 47.7 Å². The second-order valence-electron chi connectivity index (χ2n) is 5.30. The van der Waals surface area contributed by atoms with Crippen molar-refractivity contribution in [2.75, 3.05) is 0 Å². The minimum absolute atomic E-state index is 0.897. The normalized spacial score (nSPS) is 18.7. The fourth-order valence-corrected chi connectivity index (χ4v) is 2.24. The molecule has 0 saturated heterocycles. The highest BCUT2D eigenvalue weighted by Gasteiger charge is 2.22. The highest BCUT2D eigenvalue weighted by Crippen LogP contribution is 2.36. The van der Waals surface area contributed by atoms with Crippen molar-refractivity contribution in [2.24, 2.45) is 10.9 Å². The van der Waals surface area contributed by atoms with Crippen LogP contribution in [-0.4, -0.2) is 5.71 Å². The van der Waals surface area contributed by atoms with E-state index in [1.807, 2.05) is 19.1 Å². The van der Waals surface area contributed by atoms with Crippen LogP contribution in [0, 0.1) is 5.92 Å². The SMILES string of the molecule is C=C/C(C(/C=C\C)=N/C(C)=C/CC)=C(\C)CC1CC1. The van der Waals surface area contributed by atoms with Crippen molar-refractivity contribution in [3.8, 4) is 0 Å². The summed E-state index contributed by atoms with van der Waals surface area (Å²) in [5, 5.41) is 0. The maximum atomic E-state index is 4.74. The molecule has 0 heterocycles. The Morgan fingerprint density at radius 1 is 1.32 bits per heavy atom. The predicted octanol–water partition coefficient (Wildman–Crippen LogP) is 5.62. The lowest BCUT2D eigenvalue weighted by atomic mass is 9.99. The Hall–Kier alpha value is -1.37. The van der Waals surface area contributed by atoms with E-state index in [2.05, 4.69) is 39.5 Å². The lowest BCUT2D eigenvalue weighted by Crippen LogP contribution is -2.01. The second-order valence-corrected chi connectivity index (χ2v) is 5.30. The summed E-state index contributed by atoms with van der Waals surface area (Å²) < 4.78 is 0. The summed E-state index contributed by atoms with van der Waals surface area (Å²) in [5.74, 6) is 0.897. The summed E-state index contributed by atoms with van der Waals surface area (Å²) in [6.45, 7) is 12.4. The van der Waals surface area contributed by atoms with E-state index in [4.69, 9.17) is 4.99 Å². The van der Waals surface area contributed by atoms with Gasteiger partial charge in [0.25, 0.3) is 0 Å². The van der Waals surface area contributed by atoms with Crippen molar-refractivity contribution in [1.29, 1.82) is 0 Å². The third kappa shape index (κ3) is 5.42. The Labute approximate surface area is 118 Å². The number of aliphatic imine (C=N–C) groups is 1. The molecule has 104 valence electrons. The van der Waals surface area contributed by atoms with E-state index in [1.54, 1.807) is 0 Å². The molecule has 0 aromatic carbocycles. The van der Waals surface area contributed by atoms with E-state index in [-0.39, 0.29) is 0 Å². The Morgan fingerprint density at radius 2 is 2.00 bits per heavy atom. The molecule has 0 bridgehead atoms. The van der Waals surface area contributed by atoms with Gasteiger partial charge in [-0.25, -0.2) is 0 Å². The Balaban J connectivity index is 3.06. The number of allylic oxidation sites excluding steroid dienone is 7. The van der Waals surface area contributed by atoms with Gasteiger partial charge < -0.3 is 0 Å². The van der Waals surface area contributed by atoms with Crippen LogP contribution in [0.25, 0.3) is 0 Å². The zero-order chi connectivity index (χ0) is 14.3. The van der Waals surface area contributed by atoms with Crippen LogP contribution in [0.1, 0.15) is 53.4 Å². The van der Waals surface area contributed by atoms with E-state index >= 15 is 0 Å². The molecule has 1 aliphatic rings. The van der Waals surface area contributed by atoms with Crippen LogP contribution < -0.4 is 0 Å². The molecule has 0 atom stereocenters. The lowest BCUT2D eigenvalue weighted by Gasteiger charge is -2.09. The number of rotatable bonds is 7. The third-order valence-electron chi connectivity index (χ3n) is 3.35. The zero-order valence-electron chi connectivity index (χ0n) is 12.9. The molecule has 0 spiro atoms. The summed E-state index contributed by atoms with van der Waals surface area (Å²) in [6.07, 6.45) is 13.2. The van der Waals surface area contributed by atoms with Gasteiger partial charge in [-0.05, 0) is 64.0 Å².